The molecule has 0 aliphatic carbocycles. The molecule has 0 radical (unpaired) electrons. The van der Waals surface area contributed by atoms with E-state index in [-0.39, 0.29) is 31.0 Å². The molecule has 1 amide bonds. The number of benzene rings is 2. The molecular weight excluding hydrogens is 352 g/mol. The number of hydrogen-bond donors (Lipinski definition) is 3. The topological polar surface area (TPSA) is 84.6 Å². The number of carbonyl (C=O) groups excluding carboxylic acids is 1. The molecule has 2 aromatic carbocycles. The fraction of sp³-hybridized carbons (Fsp3) is 0.350. The summed E-state index contributed by atoms with van der Waals surface area (Å²) in [7, 11) is 0. The SMILES string of the molecule is CC(C)Oc1cccc(C(O)CNC(=O)[C@@H](N)Cc2ccccc2)c1.Cl. The van der Waals surface area contributed by atoms with Gasteiger partial charge in [-0.05, 0) is 43.5 Å². The van der Waals surface area contributed by atoms with E-state index in [0.29, 0.717) is 17.7 Å². The summed E-state index contributed by atoms with van der Waals surface area (Å²) in [6.07, 6.45) is -0.299. The number of nitrogens with one attached hydrogen (secondary N) is 1. The second-order valence-corrected chi connectivity index (χ2v) is 6.30. The Morgan fingerprint density at radius 2 is 1.85 bits per heavy atom. The number of nitrogens with two attached hydrogens (primary N) is 1. The molecule has 142 valence electrons. The smallest absolute Gasteiger partial charge is 0.237 e. The third-order valence-corrected chi connectivity index (χ3v) is 3.72. The van der Waals surface area contributed by atoms with Gasteiger partial charge in [-0.15, -0.1) is 12.4 Å². The number of aliphatic hydroxyl groups excluding tert-OH is 1. The van der Waals surface area contributed by atoms with Crippen LogP contribution in [0.5, 0.6) is 5.75 Å². The Balaban J connectivity index is 0.00000338. The van der Waals surface area contributed by atoms with Crippen LogP contribution < -0.4 is 15.8 Å². The van der Waals surface area contributed by atoms with E-state index >= 15 is 0 Å². The largest absolute Gasteiger partial charge is 0.491 e. The Kier molecular flexibility index (Phi) is 9.13. The molecule has 6 heteroatoms. The summed E-state index contributed by atoms with van der Waals surface area (Å²) in [5.74, 6) is 0.413. The monoisotopic (exact) mass is 378 g/mol. The van der Waals surface area contributed by atoms with Crippen molar-refractivity contribution in [2.75, 3.05) is 6.54 Å². The van der Waals surface area contributed by atoms with Crippen LogP contribution in [-0.4, -0.2) is 29.7 Å². The summed E-state index contributed by atoms with van der Waals surface area (Å²) >= 11 is 0. The number of halogens is 1. The quantitative estimate of drug-likeness (QED) is 0.659. The van der Waals surface area contributed by atoms with Gasteiger partial charge in [0.1, 0.15) is 5.75 Å². The molecule has 0 saturated carbocycles. The lowest BCUT2D eigenvalue weighted by atomic mass is 10.1. The highest BCUT2D eigenvalue weighted by Crippen LogP contribution is 2.20. The predicted molar refractivity (Wildman–Crippen MR) is 106 cm³/mol. The molecule has 1 unspecified atom stereocenters. The van der Waals surface area contributed by atoms with Crippen molar-refractivity contribution in [1.82, 2.24) is 5.32 Å². The average molecular weight is 379 g/mol. The van der Waals surface area contributed by atoms with Gasteiger partial charge in [0.05, 0.1) is 18.2 Å². The zero-order chi connectivity index (χ0) is 18.2. The molecule has 0 aliphatic rings. The minimum Gasteiger partial charge on any atom is -0.491 e. The van der Waals surface area contributed by atoms with Crippen LogP contribution in [0.1, 0.15) is 31.1 Å². The van der Waals surface area contributed by atoms with E-state index in [2.05, 4.69) is 5.32 Å². The van der Waals surface area contributed by atoms with Crippen LogP contribution in [-0.2, 0) is 11.2 Å². The maximum Gasteiger partial charge on any atom is 0.237 e. The molecular formula is C20H27ClN2O3. The lowest BCUT2D eigenvalue weighted by molar-refractivity contribution is -0.122. The van der Waals surface area contributed by atoms with E-state index in [1.54, 1.807) is 12.1 Å². The first kappa shape index (κ1) is 22.0. The highest BCUT2D eigenvalue weighted by Gasteiger charge is 2.16. The fourth-order valence-corrected chi connectivity index (χ4v) is 2.47. The van der Waals surface area contributed by atoms with Crippen molar-refractivity contribution in [2.24, 2.45) is 5.73 Å². The van der Waals surface area contributed by atoms with E-state index in [9.17, 15) is 9.90 Å². The first-order valence-corrected chi connectivity index (χ1v) is 8.47. The zero-order valence-electron chi connectivity index (χ0n) is 15.1. The molecule has 0 aromatic heterocycles. The van der Waals surface area contributed by atoms with Crippen molar-refractivity contribution < 1.29 is 14.6 Å². The predicted octanol–water partition coefficient (Wildman–Crippen LogP) is 2.62. The highest BCUT2D eigenvalue weighted by atomic mass is 35.5. The van der Waals surface area contributed by atoms with Gasteiger partial charge in [-0.2, -0.15) is 0 Å². The molecule has 0 bridgehead atoms. The van der Waals surface area contributed by atoms with E-state index in [4.69, 9.17) is 10.5 Å². The molecule has 0 heterocycles. The molecule has 2 aromatic rings. The van der Waals surface area contributed by atoms with Crippen LogP contribution in [0.15, 0.2) is 54.6 Å². The van der Waals surface area contributed by atoms with Gasteiger partial charge in [0.15, 0.2) is 0 Å². The molecule has 0 saturated heterocycles. The van der Waals surface area contributed by atoms with Crippen molar-refractivity contribution in [3.63, 3.8) is 0 Å². The standard InChI is InChI=1S/C20H26N2O3.ClH/c1-14(2)25-17-10-6-9-16(12-17)19(23)13-22-20(24)18(21)11-15-7-4-3-5-8-15;/h3-10,12,14,18-19,23H,11,13,21H2,1-2H3,(H,22,24);1H/t18-,19?;/m0./s1. The summed E-state index contributed by atoms with van der Waals surface area (Å²) < 4.78 is 5.62. The molecule has 5 nitrogen and oxygen atoms in total. The number of hydrogen-bond acceptors (Lipinski definition) is 4. The van der Waals surface area contributed by atoms with Crippen LogP contribution in [0, 0.1) is 0 Å². The van der Waals surface area contributed by atoms with Crippen molar-refractivity contribution >= 4 is 18.3 Å². The second kappa shape index (κ2) is 10.8. The van der Waals surface area contributed by atoms with E-state index in [1.165, 1.54) is 0 Å². The van der Waals surface area contributed by atoms with Crippen LogP contribution >= 0.6 is 12.4 Å². The van der Waals surface area contributed by atoms with Crippen LogP contribution in [0.25, 0.3) is 0 Å². The van der Waals surface area contributed by atoms with Crippen LogP contribution in [0.4, 0.5) is 0 Å². The van der Waals surface area contributed by atoms with E-state index < -0.39 is 12.1 Å². The van der Waals surface area contributed by atoms with E-state index in [0.717, 1.165) is 5.56 Å². The molecule has 4 N–H and O–H groups in total. The van der Waals surface area contributed by atoms with Gasteiger partial charge >= 0.3 is 0 Å². The number of amides is 1. The van der Waals surface area contributed by atoms with Gasteiger partial charge < -0.3 is 20.9 Å². The van der Waals surface area contributed by atoms with Gasteiger partial charge in [-0.25, -0.2) is 0 Å². The van der Waals surface area contributed by atoms with Crippen molar-refractivity contribution in [3.05, 3.63) is 65.7 Å². The molecule has 0 fully saturated rings. The summed E-state index contributed by atoms with van der Waals surface area (Å²) in [6.45, 7) is 3.99. The van der Waals surface area contributed by atoms with Crippen LogP contribution in [0.2, 0.25) is 0 Å². The summed E-state index contributed by atoms with van der Waals surface area (Å²) in [4.78, 5) is 12.1. The van der Waals surface area contributed by atoms with Crippen molar-refractivity contribution in [2.45, 2.75) is 38.5 Å². The molecule has 26 heavy (non-hydrogen) atoms. The lowest BCUT2D eigenvalue weighted by Gasteiger charge is -2.17. The fourth-order valence-electron chi connectivity index (χ4n) is 2.47. The summed E-state index contributed by atoms with van der Waals surface area (Å²) in [5, 5.41) is 13.0. The number of ether oxygens (including phenoxy) is 1. The van der Waals surface area contributed by atoms with Crippen molar-refractivity contribution in [1.29, 1.82) is 0 Å². The Hall–Kier alpha value is -2.08. The first-order valence-electron chi connectivity index (χ1n) is 8.47. The lowest BCUT2D eigenvalue weighted by Crippen LogP contribution is -2.43. The third kappa shape index (κ3) is 7.04. The van der Waals surface area contributed by atoms with E-state index in [1.807, 2.05) is 56.3 Å². The van der Waals surface area contributed by atoms with Gasteiger partial charge in [0.25, 0.3) is 0 Å². The minimum atomic E-state index is -0.816. The average Bonchev–Trinajstić information content (AvgIpc) is 2.59. The zero-order valence-corrected chi connectivity index (χ0v) is 15.9. The maximum atomic E-state index is 12.1. The van der Waals surface area contributed by atoms with Gasteiger partial charge in [-0.1, -0.05) is 42.5 Å². The number of rotatable bonds is 8. The maximum absolute atomic E-state index is 12.1. The van der Waals surface area contributed by atoms with Crippen molar-refractivity contribution in [3.8, 4) is 5.75 Å². The summed E-state index contributed by atoms with van der Waals surface area (Å²) in [5.41, 5.74) is 7.63. The van der Waals surface area contributed by atoms with Crippen LogP contribution in [0.3, 0.4) is 0 Å². The molecule has 2 rings (SSSR count). The Morgan fingerprint density at radius 1 is 1.15 bits per heavy atom. The number of aliphatic hydroxyl groups is 1. The molecule has 0 spiro atoms. The molecule has 2 atom stereocenters. The van der Waals surface area contributed by atoms with Gasteiger partial charge in [0.2, 0.25) is 5.91 Å². The Morgan fingerprint density at radius 3 is 2.50 bits per heavy atom. The normalized spacial score (nSPS) is 12.8. The Labute approximate surface area is 161 Å². The summed E-state index contributed by atoms with van der Waals surface area (Å²) in [6, 6.07) is 16.2. The second-order valence-electron chi connectivity index (χ2n) is 6.30. The van der Waals surface area contributed by atoms with Gasteiger partial charge in [0, 0.05) is 6.54 Å². The third-order valence-electron chi connectivity index (χ3n) is 3.72. The highest BCUT2D eigenvalue weighted by molar-refractivity contribution is 5.85. The van der Waals surface area contributed by atoms with Gasteiger partial charge in [-0.3, -0.25) is 4.79 Å². The first-order chi connectivity index (χ1) is 12.0. The number of carbonyl (C=O) groups is 1. The Bertz CT molecular complexity index is 680. The molecule has 0 aliphatic heterocycles. The minimum absolute atomic E-state index is 0.